The molecule has 0 spiro atoms. The first kappa shape index (κ1) is 18.6. The smallest absolute Gasteiger partial charge is 0.308 e. The molecule has 0 amide bonds. The van der Waals surface area contributed by atoms with Gasteiger partial charge in [0.2, 0.25) is 5.95 Å². The molecule has 0 radical (unpaired) electrons. The van der Waals surface area contributed by atoms with Crippen LogP contribution in [-0.2, 0) is 14.9 Å². The van der Waals surface area contributed by atoms with E-state index in [1.54, 1.807) is 30.6 Å². The monoisotopic (exact) mass is 341 g/mol. The first-order valence-corrected chi connectivity index (χ1v) is 8.16. The summed E-state index contributed by atoms with van der Waals surface area (Å²) in [6.45, 7) is 6.42. The third-order valence-corrected chi connectivity index (χ3v) is 3.62. The van der Waals surface area contributed by atoms with E-state index in [1.165, 1.54) is 0 Å². The summed E-state index contributed by atoms with van der Waals surface area (Å²) in [6.07, 6.45) is 3.35. The molecular formula is C19H23N3O3. The fourth-order valence-corrected chi connectivity index (χ4v) is 2.12. The maximum absolute atomic E-state index is 12.1. The Balaban J connectivity index is 1.74. The van der Waals surface area contributed by atoms with Crippen LogP contribution in [0, 0.1) is 0 Å². The van der Waals surface area contributed by atoms with Gasteiger partial charge in [-0.15, -0.1) is 0 Å². The van der Waals surface area contributed by atoms with Gasteiger partial charge < -0.3 is 10.1 Å². The van der Waals surface area contributed by atoms with Crippen LogP contribution in [0.1, 0.15) is 43.1 Å². The molecule has 0 aliphatic carbocycles. The summed E-state index contributed by atoms with van der Waals surface area (Å²) in [7, 11) is 0. The number of nitrogens with one attached hydrogen (secondary N) is 1. The molecule has 0 aliphatic rings. The highest BCUT2D eigenvalue weighted by atomic mass is 16.5. The number of ether oxygens (including phenoxy) is 1. The molecule has 0 unspecified atom stereocenters. The fourth-order valence-electron chi connectivity index (χ4n) is 2.12. The highest BCUT2D eigenvalue weighted by Gasteiger charge is 2.15. The topological polar surface area (TPSA) is 81.2 Å². The molecule has 1 heterocycles. The first-order valence-electron chi connectivity index (χ1n) is 8.16. The van der Waals surface area contributed by atoms with Gasteiger partial charge in [-0.2, -0.15) is 0 Å². The summed E-state index contributed by atoms with van der Waals surface area (Å²) in [5.74, 6) is -0.207. The minimum atomic E-state index is -0.442. The van der Waals surface area contributed by atoms with E-state index < -0.39 is 5.97 Å². The number of aromatic nitrogens is 2. The summed E-state index contributed by atoms with van der Waals surface area (Å²) in [4.78, 5) is 31.8. The summed E-state index contributed by atoms with van der Waals surface area (Å²) in [6, 6.07) is 9.10. The number of esters is 1. The van der Waals surface area contributed by atoms with E-state index in [9.17, 15) is 9.59 Å². The lowest BCUT2D eigenvalue weighted by molar-refractivity contribution is -0.142. The third kappa shape index (κ3) is 5.99. The average molecular weight is 341 g/mol. The Kier molecular flexibility index (Phi) is 6.22. The van der Waals surface area contributed by atoms with Crippen LogP contribution in [0.3, 0.4) is 0 Å². The summed E-state index contributed by atoms with van der Waals surface area (Å²) in [5, 5.41) is 2.91. The molecule has 0 saturated heterocycles. The number of anilines is 1. The summed E-state index contributed by atoms with van der Waals surface area (Å²) in [5.41, 5.74) is 1.72. The molecule has 1 N–H and O–H groups in total. The average Bonchev–Trinajstić information content (AvgIpc) is 2.60. The lowest BCUT2D eigenvalue weighted by Gasteiger charge is -2.18. The van der Waals surface area contributed by atoms with Crippen molar-refractivity contribution in [2.24, 2.45) is 0 Å². The molecule has 132 valence electrons. The van der Waals surface area contributed by atoms with Crippen molar-refractivity contribution in [1.29, 1.82) is 0 Å². The largest absolute Gasteiger partial charge is 0.457 e. The second-order valence-electron chi connectivity index (χ2n) is 6.66. The SMILES string of the molecule is CC(C)(C)c1ccc(C(=O)COC(=O)CCNc2ncccn2)cc1. The second-order valence-corrected chi connectivity index (χ2v) is 6.66. The number of carbonyl (C=O) groups is 2. The second kappa shape index (κ2) is 8.37. The van der Waals surface area contributed by atoms with E-state index in [-0.39, 0.29) is 24.2 Å². The van der Waals surface area contributed by atoms with Crippen molar-refractivity contribution in [3.8, 4) is 0 Å². The lowest BCUT2D eigenvalue weighted by atomic mass is 9.86. The van der Waals surface area contributed by atoms with Crippen LogP contribution in [0.25, 0.3) is 0 Å². The standard InChI is InChI=1S/C19H23N3O3/c1-19(2,3)15-7-5-14(6-8-15)16(23)13-25-17(24)9-12-22-18-20-10-4-11-21-18/h4-8,10-11H,9,12-13H2,1-3H3,(H,20,21,22). The maximum Gasteiger partial charge on any atom is 0.308 e. The molecule has 0 fully saturated rings. The van der Waals surface area contributed by atoms with E-state index in [1.807, 2.05) is 12.1 Å². The van der Waals surface area contributed by atoms with Gasteiger partial charge in [0.1, 0.15) is 0 Å². The zero-order valence-electron chi connectivity index (χ0n) is 14.8. The van der Waals surface area contributed by atoms with Crippen molar-refractivity contribution < 1.29 is 14.3 Å². The number of rotatable bonds is 7. The Bertz CT molecular complexity index is 707. The third-order valence-electron chi connectivity index (χ3n) is 3.62. The van der Waals surface area contributed by atoms with Crippen LogP contribution in [0.5, 0.6) is 0 Å². The number of ketones is 1. The number of hydrogen-bond acceptors (Lipinski definition) is 6. The van der Waals surface area contributed by atoms with Crippen LogP contribution in [-0.4, -0.2) is 34.9 Å². The highest BCUT2D eigenvalue weighted by Crippen LogP contribution is 2.22. The number of hydrogen-bond donors (Lipinski definition) is 1. The molecule has 1 aromatic heterocycles. The zero-order chi connectivity index (χ0) is 18.3. The molecule has 0 aliphatic heterocycles. The molecule has 2 rings (SSSR count). The van der Waals surface area contributed by atoms with Crippen molar-refractivity contribution in [2.75, 3.05) is 18.5 Å². The Morgan fingerprint density at radius 2 is 1.72 bits per heavy atom. The molecule has 0 atom stereocenters. The molecule has 2 aromatic rings. The van der Waals surface area contributed by atoms with Crippen LogP contribution in [0.2, 0.25) is 0 Å². The van der Waals surface area contributed by atoms with Crippen molar-refractivity contribution in [3.63, 3.8) is 0 Å². The first-order chi connectivity index (χ1) is 11.9. The molecule has 0 saturated carbocycles. The van der Waals surface area contributed by atoms with E-state index >= 15 is 0 Å². The molecule has 25 heavy (non-hydrogen) atoms. The summed E-state index contributed by atoms with van der Waals surface area (Å²) < 4.78 is 5.02. The number of benzene rings is 1. The Morgan fingerprint density at radius 3 is 2.32 bits per heavy atom. The van der Waals surface area contributed by atoms with Crippen LogP contribution in [0.4, 0.5) is 5.95 Å². The zero-order valence-corrected chi connectivity index (χ0v) is 14.8. The maximum atomic E-state index is 12.1. The molecule has 6 nitrogen and oxygen atoms in total. The number of nitrogens with zero attached hydrogens (tertiary/aromatic N) is 2. The van der Waals surface area contributed by atoms with E-state index in [0.29, 0.717) is 18.1 Å². The van der Waals surface area contributed by atoms with Crippen molar-refractivity contribution in [1.82, 2.24) is 9.97 Å². The van der Waals surface area contributed by atoms with Gasteiger partial charge in [0.25, 0.3) is 0 Å². The van der Waals surface area contributed by atoms with Gasteiger partial charge in [-0.05, 0) is 17.0 Å². The van der Waals surface area contributed by atoms with Crippen molar-refractivity contribution >= 4 is 17.7 Å². The van der Waals surface area contributed by atoms with Crippen LogP contribution >= 0.6 is 0 Å². The van der Waals surface area contributed by atoms with Gasteiger partial charge in [0.15, 0.2) is 12.4 Å². The van der Waals surface area contributed by atoms with Gasteiger partial charge in [0.05, 0.1) is 6.42 Å². The summed E-state index contributed by atoms with van der Waals surface area (Å²) >= 11 is 0. The Hall–Kier alpha value is -2.76. The van der Waals surface area contributed by atoms with Gasteiger partial charge in [0, 0.05) is 24.5 Å². The Labute approximate surface area is 147 Å². The van der Waals surface area contributed by atoms with Gasteiger partial charge in [-0.3, -0.25) is 9.59 Å². The quantitative estimate of drug-likeness (QED) is 0.616. The molecule has 6 heteroatoms. The molecular weight excluding hydrogens is 318 g/mol. The van der Waals surface area contributed by atoms with Crippen LogP contribution < -0.4 is 5.32 Å². The predicted octanol–water partition coefficient (Wildman–Crippen LogP) is 3.00. The van der Waals surface area contributed by atoms with Crippen molar-refractivity contribution in [3.05, 3.63) is 53.9 Å². The minimum Gasteiger partial charge on any atom is -0.457 e. The normalized spacial score (nSPS) is 11.0. The molecule has 0 bridgehead atoms. The van der Waals surface area contributed by atoms with Gasteiger partial charge >= 0.3 is 5.97 Å². The van der Waals surface area contributed by atoms with Gasteiger partial charge in [-0.1, -0.05) is 45.0 Å². The fraction of sp³-hybridized carbons (Fsp3) is 0.368. The number of carbonyl (C=O) groups excluding carboxylic acids is 2. The van der Waals surface area contributed by atoms with Crippen molar-refractivity contribution in [2.45, 2.75) is 32.6 Å². The molecule has 1 aromatic carbocycles. The minimum absolute atomic E-state index is 0.0313. The van der Waals surface area contributed by atoms with E-state index in [2.05, 4.69) is 36.1 Å². The Morgan fingerprint density at radius 1 is 1.08 bits per heavy atom. The highest BCUT2D eigenvalue weighted by molar-refractivity contribution is 5.98. The predicted molar refractivity (Wildman–Crippen MR) is 95.6 cm³/mol. The van der Waals surface area contributed by atoms with Crippen LogP contribution in [0.15, 0.2) is 42.7 Å². The van der Waals surface area contributed by atoms with E-state index in [4.69, 9.17) is 4.74 Å². The lowest BCUT2D eigenvalue weighted by Crippen LogP contribution is -2.17. The van der Waals surface area contributed by atoms with Gasteiger partial charge in [-0.25, -0.2) is 9.97 Å². The number of Topliss-reactive ketones (excluding diaryl/α,β-unsaturated/α-hetero) is 1. The van der Waals surface area contributed by atoms with E-state index in [0.717, 1.165) is 5.56 Å².